The summed E-state index contributed by atoms with van der Waals surface area (Å²) in [5, 5.41) is 4.23. The maximum atomic E-state index is 13.0. The highest BCUT2D eigenvalue weighted by Gasteiger charge is 2.31. The Bertz CT molecular complexity index is 854. The lowest BCUT2D eigenvalue weighted by atomic mass is 10.1. The summed E-state index contributed by atoms with van der Waals surface area (Å²) in [5.41, 5.74) is 1.73. The molecule has 0 aliphatic carbocycles. The molecule has 0 saturated carbocycles. The third kappa shape index (κ3) is 2.58. The van der Waals surface area contributed by atoms with Crippen LogP contribution >= 0.6 is 0 Å². The summed E-state index contributed by atoms with van der Waals surface area (Å²) in [4.78, 5) is 23.3. The minimum Gasteiger partial charge on any atom is -0.331 e. The number of aromatic nitrogens is 5. The summed E-state index contributed by atoms with van der Waals surface area (Å²) in [6.07, 6.45) is 12.6. The molecular formula is C17H18N6O. The molecule has 3 aromatic heterocycles. The summed E-state index contributed by atoms with van der Waals surface area (Å²) < 4.78 is 3.57. The van der Waals surface area contributed by atoms with Crippen LogP contribution in [-0.4, -0.2) is 41.7 Å². The topological polar surface area (TPSA) is 68.8 Å². The van der Waals surface area contributed by atoms with Gasteiger partial charge in [-0.3, -0.25) is 14.0 Å². The average Bonchev–Trinajstić information content (AvgIpc) is 3.35. The van der Waals surface area contributed by atoms with Gasteiger partial charge in [0.15, 0.2) is 0 Å². The number of carbonyl (C=O) groups is 1. The number of likely N-dealkylation sites (tertiary alicyclic amines) is 1. The van der Waals surface area contributed by atoms with Gasteiger partial charge in [0.1, 0.15) is 12.1 Å². The highest BCUT2D eigenvalue weighted by molar-refractivity contribution is 5.95. The fourth-order valence-electron chi connectivity index (χ4n) is 3.22. The maximum Gasteiger partial charge on any atom is 0.254 e. The molecule has 7 heteroatoms. The number of hydrogen-bond donors (Lipinski definition) is 0. The molecule has 1 amide bonds. The second kappa shape index (κ2) is 5.92. The number of aryl methyl sites for hydroxylation is 1. The van der Waals surface area contributed by atoms with E-state index in [9.17, 15) is 4.79 Å². The second-order valence-corrected chi connectivity index (χ2v) is 5.98. The first-order chi connectivity index (χ1) is 11.7. The number of carbonyl (C=O) groups excluding carboxylic acids is 1. The molecule has 7 nitrogen and oxygen atoms in total. The highest BCUT2D eigenvalue weighted by atomic mass is 16.2. The summed E-state index contributed by atoms with van der Waals surface area (Å²) in [6, 6.07) is 3.67. The predicted molar refractivity (Wildman–Crippen MR) is 87.6 cm³/mol. The van der Waals surface area contributed by atoms with Crippen molar-refractivity contribution in [1.29, 1.82) is 0 Å². The van der Waals surface area contributed by atoms with Gasteiger partial charge in [0.25, 0.3) is 5.91 Å². The first kappa shape index (κ1) is 14.6. The van der Waals surface area contributed by atoms with E-state index in [4.69, 9.17) is 0 Å². The third-order valence-corrected chi connectivity index (χ3v) is 4.38. The van der Waals surface area contributed by atoms with Gasteiger partial charge in [0, 0.05) is 49.5 Å². The van der Waals surface area contributed by atoms with Crippen LogP contribution in [0.4, 0.5) is 0 Å². The Kier molecular flexibility index (Phi) is 3.60. The summed E-state index contributed by atoms with van der Waals surface area (Å²) in [7, 11) is 1.89. The number of amides is 1. The zero-order chi connectivity index (χ0) is 16.5. The van der Waals surface area contributed by atoms with Crippen LogP contribution in [0.5, 0.6) is 0 Å². The Morgan fingerprint density at radius 3 is 3.00 bits per heavy atom. The van der Waals surface area contributed by atoms with Crippen LogP contribution in [0.2, 0.25) is 0 Å². The van der Waals surface area contributed by atoms with E-state index in [2.05, 4.69) is 15.1 Å². The molecule has 0 aromatic carbocycles. The first-order valence-corrected chi connectivity index (χ1v) is 7.96. The fourth-order valence-corrected chi connectivity index (χ4v) is 3.22. The van der Waals surface area contributed by atoms with Crippen LogP contribution in [0.25, 0.3) is 5.82 Å². The van der Waals surface area contributed by atoms with Gasteiger partial charge < -0.3 is 4.90 Å². The quantitative estimate of drug-likeness (QED) is 0.739. The van der Waals surface area contributed by atoms with Gasteiger partial charge in [-0.1, -0.05) is 0 Å². The number of hydrogen-bond acceptors (Lipinski definition) is 4. The normalized spacial score (nSPS) is 17.4. The molecule has 4 heterocycles. The molecule has 1 fully saturated rings. The van der Waals surface area contributed by atoms with E-state index in [1.807, 2.05) is 36.6 Å². The predicted octanol–water partition coefficient (Wildman–Crippen LogP) is 1.98. The molecule has 0 radical (unpaired) electrons. The first-order valence-electron chi connectivity index (χ1n) is 7.96. The smallest absolute Gasteiger partial charge is 0.254 e. The van der Waals surface area contributed by atoms with Crippen molar-refractivity contribution >= 4 is 5.91 Å². The van der Waals surface area contributed by atoms with Crippen molar-refractivity contribution < 1.29 is 4.79 Å². The monoisotopic (exact) mass is 322 g/mol. The fraction of sp³-hybridized carbons (Fsp3) is 0.294. The number of imidazole rings is 1. The summed E-state index contributed by atoms with van der Waals surface area (Å²) in [5.74, 6) is 0.723. The van der Waals surface area contributed by atoms with Crippen molar-refractivity contribution in [2.75, 3.05) is 6.54 Å². The molecular weight excluding hydrogens is 304 g/mol. The molecule has 0 bridgehead atoms. The molecule has 0 spiro atoms. The van der Waals surface area contributed by atoms with Crippen molar-refractivity contribution in [2.24, 2.45) is 7.05 Å². The molecule has 0 unspecified atom stereocenters. The highest BCUT2D eigenvalue weighted by Crippen LogP contribution is 2.32. The minimum atomic E-state index is 0.0325. The molecule has 1 aliphatic rings. The van der Waals surface area contributed by atoms with E-state index < -0.39 is 0 Å². The Morgan fingerprint density at radius 2 is 2.25 bits per heavy atom. The minimum absolute atomic E-state index is 0.0325. The van der Waals surface area contributed by atoms with Crippen molar-refractivity contribution in [3.05, 3.63) is 60.6 Å². The Labute approximate surface area is 139 Å². The van der Waals surface area contributed by atoms with Crippen LogP contribution in [0.15, 0.2) is 49.4 Å². The standard InChI is InChI=1S/C17H18N6O/c1-21-11-14(10-20-21)15-3-2-7-23(15)17(24)13-4-5-19-16(9-13)22-8-6-18-12-22/h4-6,8-12,15H,2-3,7H2,1H3/t15-/m1/s1. The van der Waals surface area contributed by atoms with E-state index in [0.29, 0.717) is 11.4 Å². The molecule has 24 heavy (non-hydrogen) atoms. The van der Waals surface area contributed by atoms with Crippen molar-refractivity contribution in [1.82, 2.24) is 29.2 Å². The van der Waals surface area contributed by atoms with Crippen LogP contribution in [0.1, 0.15) is 34.8 Å². The zero-order valence-electron chi connectivity index (χ0n) is 13.4. The average molecular weight is 322 g/mol. The molecule has 0 N–H and O–H groups in total. The zero-order valence-corrected chi connectivity index (χ0v) is 13.4. The van der Waals surface area contributed by atoms with E-state index in [1.54, 1.807) is 34.0 Å². The van der Waals surface area contributed by atoms with Crippen LogP contribution in [0.3, 0.4) is 0 Å². The van der Waals surface area contributed by atoms with Gasteiger partial charge in [-0.2, -0.15) is 5.10 Å². The second-order valence-electron chi connectivity index (χ2n) is 5.98. The Balaban J connectivity index is 1.62. The number of pyridine rings is 1. The maximum absolute atomic E-state index is 13.0. The lowest BCUT2D eigenvalue weighted by Gasteiger charge is -2.24. The van der Waals surface area contributed by atoms with Gasteiger partial charge >= 0.3 is 0 Å². The number of nitrogens with zero attached hydrogens (tertiary/aromatic N) is 6. The van der Waals surface area contributed by atoms with Crippen LogP contribution in [0, 0.1) is 0 Å². The van der Waals surface area contributed by atoms with Crippen molar-refractivity contribution in [3.63, 3.8) is 0 Å². The van der Waals surface area contributed by atoms with Gasteiger partial charge in [-0.05, 0) is 25.0 Å². The summed E-state index contributed by atoms with van der Waals surface area (Å²) >= 11 is 0. The molecule has 1 aliphatic heterocycles. The largest absolute Gasteiger partial charge is 0.331 e. The van der Waals surface area contributed by atoms with Gasteiger partial charge in [-0.25, -0.2) is 9.97 Å². The number of rotatable bonds is 3. The molecule has 3 aromatic rings. The van der Waals surface area contributed by atoms with E-state index >= 15 is 0 Å². The Hall–Kier alpha value is -2.96. The molecule has 122 valence electrons. The van der Waals surface area contributed by atoms with Crippen molar-refractivity contribution in [3.8, 4) is 5.82 Å². The Morgan fingerprint density at radius 1 is 1.33 bits per heavy atom. The molecule has 1 atom stereocenters. The van der Waals surface area contributed by atoms with E-state index in [0.717, 1.165) is 24.9 Å². The molecule has 1 saturated heterocycles. The lowest BCUT2D eigenvalue weighted by molar-refractivity contribution is 0.0735. The van der Waals surface area contributed by atoms with Crippen LogP contribution in [-0.2, 0) is 7.05 Å². The van der Waals surface area contributed by atoms with Gasteiger partial charge in [0.2, 0.25) is 0 Å². The van der Waals surface area contributed by atoms with Gasteiger partial charge in [-0.15, -0.1) is 0 Å². The van der Waals surface area contributed by atoms with E-state index in [1.165, 1.54) is 0 Å². The summed E-state index contributed by atoms with van der Waals surface area (Å²) in [6.45, 7) is 0.765. The van der Waals surface area contributed by atoms with Crippen molar-refractivity contribution in [2.45, 2.75) is 18.9 Å². The van der Waals surface area contributed by atoms with Gasteiger partial charge in [0.05, 0.1) is 12.2 Å². The van der Waals surface area contributed by atoms with Crippen LogP contribution < -0.4 is 0 Å². The lowest BCUT2D eigenvalue weighted by Crippen LogP contribution is -2.30. The molecule has 4 rings (SSSR count). The SMILES string of the molecule is Cn1cc([C@H]2CCCN2C(=O)c2ccnc(-n3ccnc3)c2)cn1. The van der Waals surface area contributed by atoms with E-state index in [-0.39, 0.29) is 11.9 Å². The third-order valence-electron chi connectivity index (χ3n) is 4.38.